The molecule has 0 fully saturated rings. The smallest absolute Gasteiger partial charge is 0.121 e. The first kappa shape index (κ1) is 16.5. The second kappa shape index (κ2) is 7.38. The lowest BCUT2D eigenvalue weighted by molar-refractivity contribution is 0.474. The highest BCUT2D eigenvalue weighted by molar-refractivity contribution is 5.52. The minimum absolute atomic E-state index is 0.121. The maximum Gasteiger partial charge on any atom is 0.121 e. The van der Waals surface area contributed by atoms with Gasteiger partial charge in [-0.25, -0.2) is 0 Å². The average molecular weight is 304 g/mol. The van der Waals surface area contributed by atoms with E-state index in [1.54, 1.807) is 12.2 Å². The van der Waals surface area contributed by atoms with E-state index in [4.69, 9.17) is 10.2 Å². The molecular weight excluding hydrogens is 284 g/mol. The Morgan fingerprint density at radius 1 is 0.696 bits per heavy atom. The molecule has 0 amide bonds. The standard InChI is InChI=1S/C21H20O2/c1-21(2,19-11-7-17(8-12-19)5-3-15-22)20-13-9-18(10-14-20)6-4-16-23/h5-16,22-23H,1-2H3. The van der Waals surface area contributed by atoms with E-state index in [0.29, 0.717) is 0 Å². The third-order valence-electron chi connectivity index (χ3n) is 3.91. The SMILES string of the molecule is CC(C)(c1ccc(C=C=CO)cc1)c1ccc(C=C=CO)cc1. The third-order valence-corrected chi connectivity index (χ3v) is 3.91. The highest BCUT2D eigenvalue weighted by Crippen LogP contribution is 2.31. The molecule has 2 rings (SSSR count). The molecule has 0 bridgehead atoms. The molecule has 2 nitrogen and oxygen atoms in total. The normalized spacial score (nSPS) is 10.2. The summed E-state index contributed by atoms with van der Waals surface area (Å²) in [5, 5.41) is 17.3. The Labute approximate surface area is 137 Å². The lowest BCUT2D eigenvalue weighted by Crippen LogP contribution is -2.18. The predicted octanol–water partition coefficient (Wildman–Crippen LogP) is 5.38. The molecule has 2 aromatic rings. The molecule has 2 N–H and O–H groups in total. The van der Waals surface area contributed by atoms with Crippen LogP contribution in [0.2, 0.25) is 0 Å². The highest BCUT2D eigenvalue weighted by atomic mass is 16.2. The van der Waals surface area contributed by atoms with E-state index in [1.165, 1.54) is 11.1 Å². The van der Waals surface area contributed by atoms with Gasteiger partial charge >= 0.3 is 0 Å². The molecule has 0 aromatic heterocycles. The highest BCUT2D eigenvalue weighted by Gasteiger charge is 2.22. The van der Waals surface area contributed by atoms with Gasteiger partial charge in [-0.15, -0.1) is 0 Å². The molecule has 116 valence electrons. The molecule has 0 saturated heterocycles. The maximum atomic E-state index is 8.65. The van der Waals surface area contributed by atoms with Crippen LogP contribution in [0.3, 0.4) is 0 Å². The van der Waals surface area contributed by atoms with Crippen LogP contribution in [0.5, 0.6) is 0 Å². The largest absolute Gasteiger partial charge is 0.507 e. The van der Waals surface area contributed by atoms with E-state index in [0.717, 1.165) is 23.7 Å². The summed E-state index contributed by atoms with van der Waals surface area (Å²) < 4.78 is 0. The van der Waals surface area contributed by atoms with E-state index in [2.05, 4.69) is 49.6 Å². The van der Waals surface area contributed by atoms with E-state index in [1.807, 2.05) is 24.3 Å². The van der Waals surface area contributed by atoms with E-state index in [9.17, 15) is 0 Å². The van der Waals surface area contributed by atoms with Crippen LogP contribution in [0.4, 0.5) is 0 Å². The Morgan fingerprint density at radius 3 is 1.35 bits per heavy atom. The fourth-order valence-corrected chi connectivity index (χ4v) is 2.43. The Bertz CT molecular complexity index is 698. The molecule has 0 spiro atoms. The summed E-state index contributed by atoms with van der Waals surface area (Å²) >= 11 is 0. The van der Waals surface area contributed by atoms with Crippen LogP contribution >= 0.6 is 0 Å². The topological polar surface area (TPSA) is 40.5 Å². The van der Waals surface area contributed by atoms with Gasteiger partial charge in [-0.05, 0) is 34.4 Å². The van der Waals surface area contributed by atoms with Gasteiger partial charge < -0.3 is 10.2 Å². The zero-order chi connectivity index (χ0) is 16.7. The fourth-order valence-electron chi connectivity index (χ4n) is 2.43. The molecule has 0 saturated carbocycles. The van der Waals surface area contributed by atoms with Gasteiger partial charge in [0, 0.05) is 5.41 Å². The summed E-state index contributed by atoms with van der Waals surface area (Å²) in [5.41, 5.74) is 9.59. The summed E-state index contributed by atoms with van der Waals surface area (Å²) in [7, 11) is 0. The molecule has 0 unspecified atom stereocenters. The second-order valence-corrected chi connectivity index (χ2v) is 5.75. The Hall–Kier alpha value is -2.92. The van der Waals surface area contributed by atoms with Crippen molar-refractivity contribution in [3.8, 4) is 0 Å². The van der Waals surface area contributed by atoms with Crippen molar-refractivity contribution in [1.82, 2.24) is 0 Å². The zero-order valence-electron chi connectivity index (χ0n) is 13.3. The van der Waals surface area contributed by atoms with Crippen LogP contribution in [0.1, 0.15) is 36.1 Å². The number of hydrogen-bond donors (Lipinski definition) is 2. The van der Waals surface area contributed by atoms with Crippen molar-refractivity contribution in [2.75, 3.05) is 0 Å². The van der Waals surface area contributed by atoms with Gasteiger partial charge in [0.15, 0.2) is 0 Å². The molecule has 0 atom stereocenters. The summed E-state index contributed by atoms with van der Waals surface area (Å²) in [6.07, 6.45) is 5.26. The summed E-state index contributed by atoms with van der Waals surface area (Å²) in [5.74, 6) is 0. The minimum atomic E-state index is -0.121. The minimum Gasteiger partial charge on any atom is -0.507 e. The molecule has 2 aromatic carbocycles. The first-order chi connectivity index (χ1) is 11.1. The maximum absolute atomic E-state index is 8.65. The van der Waals surface area contributed by atoms with E-state index in [-0.39, 0.29) is 5.41 Å². The molecular formula is C21H20O2. The van der Waals surface area contributed by atoms with Gasteiger partial charge in [0.2, 0.25) is 0 Å². The molecule has 0 aliphatic heterocycles. The first-order valence-corrected chi connectivity index (χ1v) is 7.39. The molecule has 2 heteroatoms. The lowest BCUT2D eigenvalue weighted by Gasteiger charge is -2.26. The predicted molar refractivity (Wildman–Crippen MR) is 95.4 cm³/mol. The number of hydrogen-bond acceptors (Lipinski definition) is 2. The first-order valence-electron chi connectivity index (χ1n) is 7.39. The van der Waals surface area contributed by atoms with Crippen LogP contribution in [-0.4, -0.2) is 10.2 Å². The number of aliphatic hydroxyl groups is 2. The van der Waals surface area contributed by atoms with Gasteiger partial charge in [0.25, 0.3) is 0 Å². The number of rotatable bonds is 4. The van der Waals surface area contributed by atoms with Crippen molar-refractivity contribution >= 4 is 12.2 Å². The summed E-state index contributed by atoms with van der Waals surface area (Å²) in [4.78, 5) is 0. The molecule has 0 radical (unpaired) electrons. The van der Waals surface area contributed by atoms with Gasteiger partial charge in [0.05, 0.1) is 0 Å². The average Bonchev–Trinajstić information content (AvgIpc) is 2.59. The molecule has 0 heterocycles. The van der Waals surface area contributed by atoms with Gasteiger partial charge in [-0.3, -0.25) is 0 Å². The molecule has 23 heavy (non-hydrogen) atoms. The quantitative estimate of drug-likeness (QED) is 0.588. The molecule has 0 aliphatic rings. The van der Waals surface area contributed by atoms with Crippen LogP contribution < -0.4 is 0 Å². The van der Waals surface area contributed by atoms with Crippen LogP contribution in [-0.2, 0) is 5.41 Å². The Morgan fingerprint density at radius 2 is 1.04 bits per heavy atom. The van der Waals surface area contributed by atoms with Crippen molar-refractivity contribution in [3.63, 3.8) is 0 Å². The second-order valence-electron chi connectivity index (χ2n) is 5.75. The Kier molecular flexibility index (Phi) is 5.28. The van der Waals surface area contributed by atoms with Gasteiger partial charge in [0.1, 0.15) is 12.5 Å². The Balaban J connectivity index is 2.30. The summed E-state index contributed by atoms with van der Waals surface area (Å²) in [6, 6.07) is 16.4. The molecule has 0 aliphatic carbocycles. The van der Waals surface area contributed by atoms with Crippen LogP contribution in [0.25, 0.3) is 12.2 Å². The van der Waals surface area contributed by atoms with Crippen molar-refractivity contribution < 1.29 is 10.2 Å². The third kappa shape index (κ3) is 4.05. The van der Waals surface area contributed by atoms with Gasteiger partial charge in [-0.2, -0.15) is 0 Å². The number of benzene rings is 2. The monoisotopic (exact) mass is 304 g/mol. The van der Waals surface area contributed by atoms with Crippen molar-refractivity contribution in [3.05, 3.63) is 94.8 Å². The van der Waals surface area contributed by atoms with E-state index >= 15 is 0 Å². The van der Waals surface area contributed by atoms with E-state index < -0.39 is 0 Å². The number of aliphatic hydroxyl groups excluding tert-OH is 2. The summed E-state index contributed by atoms with van der Waals surface area (Å²) in [6.45, 7) is 4.37. The lowest BCUT2D eigenvalue weighted by atomic mass is 9.78. The van der Waals surface area contributed by atoms with Gasteiger partial charge in [-0.1, -0.05) is 73.8 Å². The van der Waals surface area contributed by atoms with Crippen molar-refractivity contribution in [1.29, 1.82) is 0 Å². The fraction of sp³-hybridized carbons (Fsp3) is 0.143. The van der Waals surface area contributed by atoms with Crippen LogP contribution in [0.15, 0.2) is 72.5 Å². The zero-order valence-corrected chi connectivity index (χ0v) is 13.3. The van der Waals surface area contributed by atoms with Crippen molar-refractivity contribution in [2.24, 2.45) is 0 Å². The van der Waals surface area contributed by atoms with Crippen molar-refractivity contribution in [2.45, 2.75) is 19.3 Å². The van der Waals surface area contributed by atoms with Crippen LogP contribution in [0, 0.1) is 0 Å².